The first-order valence-corrected chi connectivity index (χ1v) is 25.2. The Balaban J connectivity index is 2.31. The third-order valence-electron chi connectivity index (χ3n) is 11.3. The van der Waals surface area contributed by atoms with Crippen molar-refractivity contribution in [2.45, 2.75) is 107 Å². The predicted molar refractivity (Wildman–Crippen MR) is 272 cm³/mol. The summed E-state index contributed by atoms with van der Waals surface area (Å²) in [6.45, 7) is 0.0346. The number of thioether (sulfide) groups is 1. The summed E-state index contributed by atoms with van der Waals surface area (Å²) in [6.07, 6.45) is 0.311. The van der Waals surface area contributed by atoms with Crippen molar-refractivity contribution in [2.75, 3.05) is 38.4 Å². The Labute approximate surface area is 445 Å². The molecule has 0 fully saturated rings. The number of rotatable bonds is 33. The molecule has 2 aromatic carbocycles. The minimum Gasteiger partial charge on any atom is -0.508 e. The van der Waals surface area contributed by atoms with Gasteiger partial charge in [-0.2, -0.15) is 11.8 Å². The van der Waals surface area contributed by atoms with Crippen LogP contribution in [0.5, 0.6) is 11.5 Å². The summed E-state index contributed by atoms with van der Waals surface area (Å²) in [5.74, 6) is -13.1. The third kappa shape index (κ3) is 22.2. The molecule has 10 atom stereocenters. The molecule has 0 unspecified atom stereocenters. The highest BCUT2D eigenvalue weighted by molar-refractivity contribution is 7.98. The lowest BCUT2D eigenvalue weighted by molar-refractivity contribution is -0.142. The van der Waals surface area contributed by atoms with Gasteiger partial charge in [0, 0.05) is 12.8 Å². The minimum absolute atomic E-state index is 0.0214. The fraction of sp³-hybridized carbons (Fsp3) is 0.511. The van der Waals surface area contributed by atoms with E-state index in [1.54, 1.807) is 6.26 Å². The Morgan fingerprint density at radius 2 is 0.857 bits per heavy atom. The maximum absolute atomic E-state index is 14.1. The fourth-order valence-corrected chi connectivity index (χ4v) is 7.29. The van der Waals surface area contributed by atoms with Crippen LogP contribution in [0.4, 0.5) is 0 Å². The van der Waals surface area contributed by atoms with Gasteiger partial charge in [-0.25, -0.2) is 4.79 Å². The molecule has 29 nitrogen and oxygen atoms in total. The molecule has 0 heterocycles. The van der Waals surface area contributed by atoms with Gasteiger partial charge in [-0.3, -0.25) is 47.9 Å². The van der Waals surface area contributed by atoms with Crippen LogP contribution in [0, 0.1) is 5.92 Å². The number of carbonyl (C=O) groups excluding carboxylic acids is 10. The van der Waals surface area contributed by atoms with Crippen LogP contribution in [-0.4, -0.2) is 200 Å². The van der Waals surface area contributed by atoms with E-state index in [1.807, 2.05) is 0 Å². The van der Waals surface area contributed by atoms with Crippen molar-refractivity contribution in [3.05, 3.63) is 59.7 Å². The summed E-state index contributed by atoms with van der Waals surface area (Å²) in [5.41, 5.74) is 11.7. The zero-order valence-corrected chi connectivity index (χ0v) is 43.3. The van der Waals surface area contributed by atoms with Crippen molar-refractivity contribution >= 4 is 76.8 Å². The van der Waals surface area contributed by atoms with Gasteiger partial charge in [0.2, 0.25) is 59.1 Å². The number of amides is 10. The van der Waals surface area contributed by atoms with Gasteiger partial charge in [0.15, 0.2) is 0 Å². The summed E-state index contributed by atoms with van der Waals surface area (Å²) in [7, 11) is 0. The number of phenolic OH excluding ortho intramolecular Hbond substituents is 2. The SMILES string of the molecule is CSCC[C@H](NC(=O)[C@H](Cc1ccc(O)cc1)NC(=O)[C@H](CC(N)=O)NC(=O)[C@@H](NC(=O)[C@H](CO)NC(=O)[C@H](CO)NC(=O)[C@H](CO)NC(=O)[C@H](C)NC(=O)[C@@H](N)CO)C(C)C)C(=O)N[C@@H](Cc1ccc(O)cc1)C(=O)O. The van der Waals surface area contributed by atoms with Crippen LogP contribution in [0.1, 0.15) is 44.7 Å². The number of aliphatic hydroxyl groups excluding tert-OH is 4. The summed E-state index contributed by atoms with van der Waals surface area (Å²) in [4.78, 5) is 145. The van der Waals surface area contributed by atoms with E-state index in [0.717, 1.165) is 0 Å². The first-order valence-electron chi connectivity index (χ1n) is 23.8. The number of nitrogens with one attached hydrogen (secondary N) is 9. The van der Waals surface area contributed by atoms with Gasteiger partial charge < -0.3 is 95.1 Å². The number of carboxylic acids is 1. The lowest BCUT2D eigenvalue weighted by Gasteiger charge is -2.28. The molecular formula is C47H69N11O18S. The van der Waals surface area contributed by atoms with Gasteiger partial charge in [-0.1, -0.05) is 38.1 Å². The van der Waals surface area contributed by atoms with Crippen LogP contribution >= 0.6 is 11.8 Å². The standard InChI is InChI=1S/C47H69N11O18S/c1-22(2)37(58-45(73)35(21-62)57-44(72)34(20-61)56-43(71)33(19-60)55-38(66)23(3)50-39(67)28(48)18-59)46(74)53-31(17-36(49)65)42(70)52-30(15-24-5-9-26(63)10-6-24)41(69)51-29(13-14-77-4)40(68)54-32(47(75)76)16-25-7-11-27(64)12-8-25/h5-12,22-23,28-35,37,59-64H,13-21,48H2,1-4H3,(H2,49,65)(H,50,67)(H,51,69)(H,52,70)(H,53,74)(H,54,68)(H,55,66)(H,56,71)(H,57,72)(H,58,73)(H,75,76)/t23-,28-,29-,30-,31-,32-,33-,34-,35-,37-/m0/s1. The number of aromatic hydroxyl groups is 2. The maximum Gasteiger partial charge on any atom is 0.326 e. The highest BCUT2D eigenvalue weighted by Gasteiger charge is 2.36. The quantitative estimate of drug-likeness (QED) is 0.0316. The number of phenols is 2. The summed E-state index contributed by atoms with van der Waals surface area (Å²) in [6, 6.07) is -5.09. The van der Waals surface area contributed by atoms with Gasteiger partial charge in [0.25, 0.3) is 0 Å². The number of primary amides is 1. The lowest BCUT2D eigenvalue weighted by Crippen LogP contribution is -2.62. The van der Waals surface area contributed by atoms with Gasteiger partial charge in [0.1, 0.15) is 71.9 Å². The van der Waals surface area contributed by atoms with Gasteiger partial charge in [-0.05, 0) is 66.7 Å². The van der Waals surface area contributed by atoms with E-state index in [4.69, 9.17) is 16.6 Å². The highest BCUT2D eigenvalue weighted by atomic mass is 32.2. The number of carboxylic acid groups (broad SMARTS) is 1. The molecule has 30 heteroatoms. The second kappa shape index (κ2) is 32.7. The van der Waals surface area contributed by atoms with Gasteiger partial charge >= 0.3 is 5.97 Å². The molecule has 0 saturated heterocycles. The van der Waals surface area contributed by atoms with Crippen molar-refractivity contribution in [3.8, 4) is 11.5 Å². The zero-order chi connectivity index (χ0) is 58.1. The molecule has 0 spiro atoms. The van der Waals surface area contributed by atoms with Crippen LogP contribution in [-0.2, 0) is 65.6 Å². The number of benzene rings is 2. The molecule has 0 radical (unpaired) electrons. The Morgan fingerprint density at radius 1 is 0.481 bits per heavy atom. The summed E-state index contributed by atoms with van der Waals surface area (Å²) >= 11 is 1.30. The molecule has 2 rings (SSSR count). The van der Waals surface area contributed by atoms with Crippen LogP contribution in [0.25, 0.3) is 0 Å². The van der Waals surface area contributed by atoms with E-state index >= 15 is 0 Å². The van der Waals surface area contributed by atoms with E-state index in [1.165, 1.54) is 81.1 Å². The summed E-state index contributed by atoms with van der Waals surface area (Å²) < 4.78 is 0. The molecule has 20 N–H and O–H groups in total. The molecule has 0 aromatic heterocycles. The molecule has 0 bridgehead atoms. The van der Waals surface area contributed by atoms with Crippen molar-refractivity contribution in [1.82, 2.24) is 47.9 Å². The first kappa shape index (κ1) is 65.5. The molecule has 2 aromatic rings. The fourth-order valence-electron chi connectivity index (χ4n) is 6.82. The van der Waals surface area contributed by atoms with E-state index in [9.17, 15) is 83.4 Å². The van der Waals surface area contributed by atoms with Crippen molar-refractivity contribution in [3.63, 3.8) is 0 Å². The van der Waals surface area contributed by atoms with E-state index in [2.05, 4.69) is 47.9 Å². The number of carbonyl (C=O) groups is 11. The monoisotopic (exact) mass is 1110 g/mol. The largest absolute Gasteiger partial charge is 0.508 e. The maximum atomic E-state index is 14.1. The number of hydrogen-bond donors (Lipinski definition) is 18. The lowest BCUT2D eigenvalue weighted by atomic mass is 10.0. The second-order valence-electron chi connectivity index (χ2n) is 17.8. The number of aliphatic carboxylic acids is 1. The second-order valence-corrected chi connectivity index (χ2v) is 18.7. The smallest absolute Gasteiger partial charge is 0.326 e. The zero-order valence-electron chi connectivity index (χ0n) is 42.5. The summed E-state index contributed by atoms with van der Waals surface area (Å²) in [5, 5.41) is 88.8. The van der Waals surface area contributed by atoms with Crippen LogP contribution in [0.3, 0.4) is 0 Å². The molecule has 0 aliphatic heterocycles. The normalized spacial score (nSPS) is 14.9. The highest BCUT2D eigenvalue weighted by Crippen LogP contribution is 2.15. The topological polar surface area (TPSA) is 490 Å². The molecule has 0 aliphatic rings. The Morgan fingerprint density at radius 3 is 1.29 bits per heavy atom. The van der Waals surface area contributed by atoms with Crippen LogP contribution in [0.2, 0.25) is 0 Å². The molecule has 0 saturated carbocycles. The average Bonchev–Trinajstić information content (AvgIpc) is 3.38. The Kier molecular flexibility index (Phi) is 27.8. The average molecular weight is 1110 g/mol. The molecule has 0 aliphatic carbocycles. The van der Waals surface area contributed by atoms with Crippen molar-refractivity contribution in [2.24, 2.45) is 17.4 Å². The van der Waals surface area contributed by atoms with E-state index < -0.39 is 164 Å². The Bertz CT molecular complexity index is 2360. The number of aliphatic hydroxyl groups is 4. The van der Waals surface area contributed by atoms with E-state index in [0.29, 0.717) is 16.9 Å². The third-order valence-corrected chi connectivity index (χ3v) is 11.9. The van der Waals surface area contributed by atoms with E-state index in [-0.39, 0.29) is 30.8 Å². The van der Waals surface area contributed by atoms with Crippen LogP contribution in [0.15, 0.2) is 48.5 Å². The molecule has 426 valence electrons. The molecule has 10 amide bonds. The molecular weight excluding hydrogens is 1040 g/mol. The van der Waals surface area contributed by atoms with Gasteiger partial charge in [-0.15, -0.1) is 0 Å². The van der Waals surface area contributed by atoms with Crippen LogP contribution < -0.4 is 59.3 Å². The predicted octanol–water partition coefficient (Wildman–Crippen LogP) is -7.07. The van der Waals surface area contributed by atoms with Crippen molar-refractivity contribution < 1.29 is 88.5 Å². The Hall–Kier alpha value is -7.64. The number of nitrogens with two attached hydrogens (primary N) is 2. The van der Waals surface area contributed by atoms with Crippen molar-refractivity contribution in [1.29, 1.82) is 0 Å². The first-order chi connectivity index (χ1) is 36.3. The van der Waals surface area contributed by atoms with Gasteiger partial charge in [0.05, 0.1) is 32.8 Å². The number of hydrogen-bond acceptors (Lipinski definition) is 19. The molecule has 77 heavy (non-hydrogen) atoms. The minimum atomic E-state index is -1.88.